The maximum atomic E-state index is 6.53. The van der Waals surface area contributed by atoms with Crippen LogP contribution in [0.2, 0.25) is 6.82 Å². The van der Waals surface area contributed by atoms with Gasteiger partial charge >= 0.3 is 13.8 Å². The minimum Gasteiger partial charge on any atom is -0.457 e. The van der Waals surface area contributed by atoms with Crippen molar-refractivity contribution >= 4 is 30.2 Å². The van der Waals surface area contributed by atoms with Gasteiger partial charge in [-0.1, -0.05) is 81.2 Å². The molecule has 3 aromatic rings. The number of benzene rings is 3. The van der Waals surface area contributed by atoms with E-state index in [2.05, 4.69) is 72.9 Å². The van der Waals surface area contributed by atoms with Crippen LogP contribution in [0.25, 0.3) is 0 Å². The van der Waals surface area contributed by atoms with Crippen molar-refractivity contribution in [1.82, 2.24) is 10.6 Å². The molecule has 0 radical (unpaired) electrons. The minimum absolute atomic E-state index is 0. The third kappa shape index (κ3) is 8.71. The molecule has 0 aromatic heterocycles. The van der Waals surface area contributed by atoms with Crippen LogP contribution in [0.5, 0.6) is 11.5 Å². The average molecular weight is 540 g/mol. The Morgan fingerprint density at radius 2 is 1.12 bits per heavy atom. The predicted molar refractivity (Wildman–Crippen MR) is 170 cm³/mol. The molecule has 212 valence electrons. The summed E-state index contributed by atoms with van der Waals surface area (Å²) in [7, 11) is 0. The van der Waals surface area contributed by atoms with Gasteiger partial charge in [0.05, 0.1) is 0 Å². The number of aryl methyl sites for hydroxylation is 1. The summed E-state index contributed by atoms with van der Waals surface area (Å²) >= 11 is 0. The van der Waals surface area contributed by atoms with Crippen LogP contribution in [0.15, 0.2) is 72.8 Å². The van der Waals surface area contributed by atoms with Crippen LogP contribution in [-0.2, 0) is 9.31 Å². The summed E-state index contributed by atoms with van der Waals surface area (Å²) in [6.45, 7) is 7.85. The van der Waals surface area contributed by atoms with Crippen LogP contribution in [0.4, 0.5) is 0 Å². The topological polar surface area (TPSA) is 51.8 Å². The normalized spacial score (nSPS) is 18.9. The summed E-state index contributed by atoms with van der Waals surface area (Å²) in [5, 5.41) is 7.15. The van der Waals surface area contributed by atoms with E-state index in [1.807, 2.05) is 24.3 Å². The number of hydrogen-bond donors (Lipinski definition) is 2. The zero-order chi connectivity index (χ0) is 26.9. The molecule has 2 atom stereocenters. The summed E-state index contributed by atoms with van der Waals surface area (Å²) in [4.78, 5) is 0. The lowest BCUT2D eigenvalue weighted by Gasteiger charge is -2.25. The van der Waals surface area contributed by atoms with E-state index in [-0.39, 0.29) is 21.3 Å². The monoisotopic (exact) mass is 540 g/mol. The van der Waals surface area contributed by atoms with Crippen molar-refractivity contribution < 1.29 is 14.0 Å². The van der Waals surface area contributed by atoms with E-state index in [9.17, 15) is 0 Å². The van der Waals surface area contributed by atoms with E-state index < -0.39 is 0 Å². The van der Waals surface area contributed by atoms with Crippen LogP contribution >= 0.6 is 0 Å². The molecule has 2 aliphatic rings. The van der Waals surface area contributed by atoms with Gasteiger partial charge in [0.2, 0.25) is 0 Å². The summed E-state index contributed by atoms with van der Waals surface area (Å²) in [6, 6.07) is 26.1. The molecule has 0 amide bonds. The highest BCUT2D eigenvalue weighted by molar-refractivity contribution is 6.80. The molecule has 0 saturated carbocycles. The molecular formula is C33H46B2N2O3. The Morgan fingerprint density at radius 1 is 0.650 bits per heavy atom. The zero-order valence-corrected chi connectivity index (χ0v) is 23.5. The fraction of sp³-hybridized carbons (Fsp3) is 0.455. The van der Waals surface area contributed by atoms with Crippen molar-refractivity contribution in [2.24, 2.45) is 0 Å². The molecule has 2 aliphatic heterocycles. The number of ether oxygens (including phenoxy) is 1. The van der Waals surface area contributed by atoms with Gasteiger partial charge in [0.1, 0.15) is 11.5 Å². The van der Waals surface area contributed by atoms with Gasteiger partial charge in [0.15, 0.2) is 0 Å². The van der Waals surface area contributed by atoms with Gasteiger partial charge in [0.25, 0.3) is 0 Å². The molecule has 0 bridgehead atoms. The third-order valence-corrected chi connectivity index (χ3v) is 7.98. The Morgan fingerprint density at radius 3 is 1.62 bits per heavy atom. The zero-order valence-electron chi connectivity index (χ0n) is 23.5. The van der Waals surface area contributed by atoms with E-state index in [1.54, 1.807) is 0 Å². The fourth-order valence-corrected chi connectivity index (χ4v) is 5.48. The van der Waals surface area contributed by atoms with Gasteiger partial charge in [0, 0.05) is 25.3 Å². The second-order valence-corrected chi connectivity index (χ2v) is 11.1. The molecule has 0 aliphatic carbocycles. The van der Waals surface area contributed by atoms with Gasteiger partial charge in [-0.25, -0.2) is 0 Å². The van der Waals surface area contributed by atoms with Crippen LogP contribution in [0, 0.1) is 6.92 Å². The predicted octanol–water partition coefficient (Wildman–Crippen LogP) is 4.67. The van der Waals surface area contributed by atoms with Gasteiger partial charge in [-0.05, 0) is 86.4 Å². The molecule has 5 nitrogen and oxygen atoms in total. The summed E-state index contributed by atoms with van der Waals surface area (Å²) in [6.07, 6.45) is 7.47. The van der Waals surface area contributed by atoms with Gasteiger partial charge < -0.3 is 24.7 Å². The van der Waals surface area contributed by atoms with Crippen molar-refractivity contribution in [2.45, 2.75) is 71.8 Å². The maximum Gasteiger partial charge on any atom is 0.361 e. The second kappa shape index (κ2) is 15.4. The Kier molecular flexibility index (Phi) is 11.7. The lowest BCUT2D eigenvalue weighted by Crippen LogP contribution is -2.48. The quantitative estimate of drug-likeness (QED) is 0.347. The van der Waals surface area contributed by atoms with Crippen molar-refractivity contribution in [3.8, 4) is 11.5 Å². The summed E-state index contributed by atoms with van der Waals surface area (Å²) in [5.41, 5.74) is 4.73. The van der Waals surface area contributed by atoms with Crippen LogP contribution in [0.1, 0.15) is 51.5 Å². The minimum atomic E-state index is -0.104. The van der Waals surface area contributed by atoms with E-state index in [4.69, 9.17) is 14.0 Å². The van der Waals surface area contributed by atoms with Crippen LogP contribution in [0.3, 0.4) is 0 Å². The molecule has 5 rings (SSSR count). The smallest absolute Gasteiger partial charge is 0.361 e. The largest absolute Gasteiger partial charge is 0.457 e. The summed E-state index contributed by atoms with van der Waals surface area (Å²) in [5.74, 6) is 1.64. The first-order valence-electron chi connectivity index (χ1n) is 14.8. The van der Waals surface area contributed by atoms with Crippen LogP contribution < -0.4 is 31.8 Å². The number of nitrogens with one attached hydrogen (secondary N) is 2. The third-order valence-electron chi connectivity index (χ3n) is 7.98. The fourth-order valence-electron chi connectivity index (χ4n) is 5.48. The highest BCUT2D eigenvalue weighted by Gasteiger charge is 2.24. The van der Waals surface area contributed by atoms with E-state index in [0.29, 0.717) is 18.7 Å². The Labute approximate surface area is 242 Å². The van der Waals surface area contributed by atoms with Gasteiger partial charge in [-0.3, -0.25) is 0 Å². The number of rotatable bonds is 11. The number of hydrogen-bond acceptors (Lipinski definition) is 5. The van der Waals surface area contributed by atoms with Crippen molar-refractivity contribution in [3.63, 3.8) is 0 Å². The Bertz CT molecular complexity index is 1130. The lowest BCUT2D eigenvalue weighted by molar-refractivity contribution is 0.244. The van der Waals surface area contributed by atoms with E-state index in [1.165, 1.54) is 55.0 Å². The highest BCUT2D eigenvalue weighted by atomic mass is 16.5. The molecule has 2 N–H and O–H groups in total. The molecule has 40 heavy (non-hydrogen) atoms. The standard InChI is InChI=1S/C32H42B2N2O3.CH4/c1-25-9-11-27(12-10-25)34(38-24-30-8-4-6-22-36-30)28-15-19-32(20-16-28)39-31-17-13-26(14-18-31)33(2)37-23-29-7-3-5-21-35-29;/h9-20,29-30,35-36H,3-8,21-24H2,1-2H3;1H4. The van der Waals surface area contributed by atoms with E-state index >= 15 is 0 Å². The first kappa shape index (κ1) is 30.4. The lowest BCUT2D eigenvalue weighted by atomic mass is 9.55. The van der Waals surface area contributed by atoms with Crippen LogP contribution in [-0.4, -0.2) is 52.2 Å². The van der Waals surface area contributed by atoms with E-state index in [0.717, 1.165) is 36.7 Å². The second-order valence-electron chi connectivity index (χ2n) is 11.1. The molecule has 2 heterocycles. The molecule has 0 spiro atoms. The molecule has 2 fully saturated rings. The molecule has 2 unspecified atom stereocenters. The molecule has 2 saturated heterocycles. The van der Waals surface area contributed by atoms with Crippen molar-refractivity contribution in [1.29, 1.82) is 0 Å². The van der Waals surface area contributed by atoms with Gasteiger partial charge in [-0.15, -0.1) is 0 Å². The van der Waals surface area contributed by atoms with Crippen molar-refractivity contribution in [2.75, 3.05) is 26.3 Å². The molecular weight excluding hydrogens is 494 g/mol. The Hall–Kier alpha value is -2.57. The Balaban J connectivity index is 0.00000370. The highest BCUT2D eigenvalue weighted by Crippen LogP contribution is 2.20. The molecule has 7 heteroatoms. The maximum absolute atomic E-state index is 6.53. The number of piperidine rings is 2. The van der Waals surface area contributed by atoms with Crippen molar-refractivity contribution in [3.05, 3.63) is 78.4 Å². The van der Waals surface area contributed by atoms with Gasteiger partial charge in [-0.2, -0.15) is 0 Å². The molecule has 3 aromatic carbocycles. The first-order chi connectivity index (χ1) is 19.1. The average Bonchev–Trinajstić information content (AvgIpc) is 2.99. The summed E-state index contributed by atoms with van der Waals surface area (Å²) < 4.78 is 18.8. The SMILES string of the molecule is C.CB(OCC1CCCCN1)c1ccc(Oc2ccc(B(OCC3CCCCN3)c3ccc(C)cc3)cc2)cc1. The first-order valence-corrected chi connectivity index (χ1v) is 14.8.